The molecule has 14 heavy (non-hydrogen) atoms. The zero-order chi connectivity index (χ0) is 10.7. The summed E-state index contributed by atoms with van der Waals surface area (Å²) < 4.78 is 0. The van der Waals surface area contributed by atoms with Gasteiger partial charge >= 0.3 is 0 Å². The molecule has 0 saturated carbocycles. The smallest absolute Gasteiger partial charge is 0.107 e. The first-order valence-electron chi connectivity index (χ1n) is 4.74. The van der Waals surface area contributed by atoms with Gasteiger partial charge in [0.05, 0.1) is 6.10 Å². The van der Waals surface area contributed by atoms with E-state index >= 15 is 0 Å². The number of para-hydroxylation sites is 1. The molecule has 3 heteroatoms. The molecule has 0 bridgehead atoms. The van der Waals surface area contributed by atoms with Crippen molar-refractivity contribution in [3.63, 3.8) is 0 Å². The molecular formula is C11H17NO2. The van der Waals surface area contributed by atoms with Crippen LogP contribution < -0.4 is 5.73 Å². The summed E-state index contributed by atoms with van der Waals surface area (Å²) in [6.07, 6.45) is -1.68. The number of nitrogens with two attached hydrogens (primary N) is 1. The van der Waals surface area contributed by atoms with Gasteiger partial charge in [-0.3, -0.25) is 0 Å². The molecule has 0 spiro atoms. The number of aliphatic hydroxyl groups is 2. The number of rotatable bonds is 3. The summed E-state index contributed by atoms with van der Waals surface area (Å²) >= 11 is 0. The molecule has 0 aliphatic heterocycles. The molecule has 1 aromatic carbocycles. The molecule has 1 rings (SSSR count). The molecule has 4 N–H and O–H groups in total. The summed E-state index contributed by atoms with van der Waals surface area (Å²) in [5.74, 6) is 0.00426. The Bertz CT molecular complexity index is 299. The van der Waals surface area contributed by atoms with Crippen LogP contribution in [0.15, 0.2) is 24.3 Å². The van der Waals surface area contributed by atoms with Crippen LogP contribution in [0.5, 0.6) is 0 Å². The number of aliphatic hydroxyl groups excluding tert-OH is 2. The fourth-order valence-electron chi connectivity index (χ4n) is 1.33. The Labute approximate surface area is 84.2 Å². The fourth-order valence-corrected chi connectivity index (χ4v) is 1.33. The van der Waals surface area contributed by atoms with E-state index in [1.807, 2.05) is 13.8 Å². The van der Waals surface area contributed by atoms with Crippen molar-refractivity contribution >= 4 is 5.69 Å². The van der Waals surface area contributed by atoms with Gasteiger partial charge in [-0.15, -0.1) is 0 Å². The maximum absolute atomic E-state index is 9.81. The van der Waals surface area contributed by atoms with Gasteiger partial charge in [0.25, 0.3) is 0 Å². The van der Waals surface area contributed by atoms with E-state index < -0.39 is 12.2 Å². The monoisotopic (exact) mass is 195 g/mol. The molecule has 2 unspecified atom stereocenters. The molecule has 0 aromatic heterocycles. The summed E-state index contributed by atoms with van der Waals surface area (Å²) in [5.41, 5.74) is 6.79. The van der Waals surface area contributed by atoms with E-state index in [0.29, 0.717) is 11.3 Å². The number of anilines is 1. The Morgan fingerprint density at radius 1 is 1.14 bits per heavy atom. The summed E-state index contributed by atoms with van der Waals surface area (Å²) in [6, 6.07) is 7.03. The fraction of sp³-hybridized carbons (Fsp3) is 0.455. The van der Waals surface area contributed by atoms with E-state index in [4.69, 9.17) is 5.73 Å². The highest BCUT2D eigenvalue weighted by atomic mass is 16.3. The van der Waals surface area contributed by atoms with Gasteiger partial charge in [-0.2, -0.15) is 0 Å². The quantitative estimate of drug-likeness (QED) is 0.637. The van der Waals surface area contributed by atoms with Gasteiger partial charge in [0.1, 0.15) is 6.10 Å². The minimum Gasteiger partial charge on any atom is -0.398 e. The lowest BCUT2D eigenvalue weighted by Gasteiger charge is -2.22. The Kier molecular flexibility index (Phi) is 3.49. The van der Waals surface area contributed by atoms with Crippen molar-refractivity contribution in [3.8, 4) is 0 Å². The van der Waals surface area contributed by atoms with Crippen molar-refractivity contribution in [2.45, 2.75) is 26.1 Å². The Hall–Kier alpha value is -1.06. The highest BCUT2D eigenvalue weighted by Gasteiger charge is 2.22. The number of hydrogen-bond acceptors (Lipinski definition) is 3. The van der Waals surface area contributed by atoms with Gasteiger partial charge in [0.15, 0.2) is 0 Å². The normalized spacial score (nSPS) is 15.5. The second-order valence-electron chi connectivity index (χ2n) is 3.81. The molecule has 1 aromatic rings. The van der Waals surface area contributed by atoms with Gasteiger partial charge < -0.3 is 15.9 Å². The van der Waals surface area contributed by atoms with Crippen LogP contribution in [0.1, 0.15) is 25.5 Å². The number of benzene rings is 1. The standard InChI is InChI=1S/C11H17NO2/c1-7(2)10(13)11(14)8-5-3-4-6-9(8)12/h3-7,10-11,13-14H,12H2,1-2H3. The zero-order valence-electron chi connectivity index (χ0n) is 8.51. The van der Waals surface area contributed by atoms with Crippen molar-refractivity contribution in [1.29, 1.82) is 0 Å². The Balaban J connectivity index is 2.89. The van der Waals surface area contributed by atoms with Gasteiger partial charge in [0, 0.05) is 11.3 Å². The van der Waals surface area contributed by atoms with Crippen LogP contribution >= 0.6 is 0 Å². The van der Waals surface area contributed by atoms with Gasteiger partial charge in [-0.1, -0.05) is 32.0 Å². The van der Waals surface area contributed by atoms with E-state index in [0.717, 1.165) is 0 Å². The van der Waals surface area contributed by atoms with Crippen molar-refractivity contribution in [3.05, 3.63) is 29.8 Å². The largest absolute Gasteiger partial charge is 0.398 e. The van der Waals surface area contributed by atoms with Crippen molar-refractivity contribution in [2.75, 3.05) is 5.73 Å². The van der Waals surface area contributed by atoms with Crippen LogP contribution in [-0.4, -0.2) is 16.3 Å². The minimum atomic E-state index is -0.906. The third kappa shape index (κ3) is 2.25. The molecular weight excluding hydrogens is 178 g/mol. The van der Waals surface area contributed by atoms with Crippen molar-refractivity contribution in [1.82, 2.24) is 0 Å². The highest BCUT2D eigenvalue weighted by Crippen LogP contribution is 2.25. The number of nitrogen functional groups attached to an aromatic ring is 1. The van der Waals surface area contributed by atoms with E-state index in [-0.39, 0.29) is 5.92 Å². The summed E-state index contributed by atoms with van der Waals surface area (Å²) in [6.45, 7) is 3.71. The van der Waals surface area contributed by atoms with Gasteiger partial charge in [-0.05, 0) is 12.0 Å². The van der Waals surface area contributed by atoms with Gasteiger partial charge in [-0.25, -0.2) is 0 Å². The minimum absolute atomic E-state index is 0.00426. The second kappa shape index (κ2) is 4.44. The van der Waals surface area contributed by atoms with E-state index in [9.17, 15) is 10.2 Å². The molecule has 3 nitrogen and oxygen atoms in total. The average molecular weight is 195 g/mol. The van der Waals surface area contributed by atoms with Crippen molar-refractivity contribution < 1.29 is 10.2 Å². The molecule has 0 radical (unpaired) electrons. The average Bonchev–Trinajstić information content (AvgIpc) is 2.16. The summed E-state index contributed by atoms with van der Waals surface area (Å²) in [4.78, 5) is 0. The third-order valence-electron chi connectivity index (χ3n) is 2.32. The first kappa shape index (κ1) is 11.0. The predicted octanol–water partition coefficient (Wildman–Crippen LogP) is 1.32. The third-order valence-corrected chi connectivity index (χ3v) is 2.32. The van der Waals surface area contributed by atoms with Crippen LogP contribution in [0.2, 0.25) is 0 Å². The molecule has 0 aliphatic rings. The first-order valence-corrected chi connectivity index (χ1v) is 4.74. The molecule has 0 saturated heterocycles. The molecule has 2 atom stereocenters. The maximum Gasteiger partial charge on any atom is 0.107 e. The lowest BCUT2D eigenvalue weighted by molar-refractivity contribution is -0.00900. The Morgan fingerprint density at radius 2 is 1.71 bits per heavy atom. The summed E-state index contributed by atoms with van der Waals surface area (Å²) in [7, 11) is 0. The lowest BCUT2D eigenvalue weighted by atomic mass is 9.95. The molecule has 0 amide bonds. The maximum atomic E-state index is 9.81. The SMILES string of the molecule is CC(C)C(O)C(O)c1ccccc1N. The molecule has 0 aliphatic carbocycles. The lowest BCUT2D eigenvalue weighted by Crippen LogP contribution is -2.24. The van der Waals surface area contributed by atoms with Crippen LogP contribution in [0.4, 0.5) is 5.69 Å². The predicted molar refractivity (Wildman–Crippen MR) is 56.7 cm³/mol. The zero-order valence-corrected chi connectivity index (χ0v) is 8.51. The van der Waals surface area contributed by atoms with E-state index in [1.165, 1.54) is 0 Å². The Morgan fingerprint density at radius 3 is 2.21 bits per heavy atom. The molecule has 0 fully saturated rings. The second-order valence-corrected chi connectivity index (χ2v) is 3.81. The molecule has 78 valence electrons. The van der Waals surface area contributed by atoms with Crippen LogP contribution in [0, 0.1) is 5.92 Å². The van der Waals surface area contributed by atoms with Crippen LogP contribution in [0.25, 0.3) is 0 Å². The van der Waals surface area contributed by atoms with Crippen LogP contribution in [-0.2, 0) is 0 Å². The first-order chi connectivity index (χ1) is 6.54. The van der Waals surface area contributed by atoms with Crippen LogP contribution in [0.3, 0.4) is 0 Å². The van der Waals surface area contributed by atoms with Crippen molar-refractivity contribution in [2.24, 2.45) is 5.92 Å². The topological polar surface area (TPSA) is 66.5 Å². The number of hydrogen-bond donors (Lipinski definition) is 3. The van der Waals surface area contributed by atoms with Gasteiger partial charge in [0.2, 0.25) is 0 Å². The molecule has 0 heterocycles. The van der Waals surface area contributed by atoms with E-state index in [1.54, 1.807) is 24.3 Å². The highest BCUT2D eigenvalue weighted by molar-refractivity contribution is 5.47. The summed E-state index contributed by atoms with van der Waals surface area (Å²) in [5, 5.41) is 19.5. The van der Waals surface area contributed by atoms with E-state index in [2.05, 4.69) is 0 Å².